The van der Waals surface area contributed by atoms with E-state index in [-0.39, 0.29) is 30.8 Å². The predicted octanol–water partition coefficient (Wildman–Crippen LogP) is 4.06. The summed E-state index contributed by atoms with van der Waals surface area (Å²) in [6, 6.07) is -0.126. The van der Waals surface area contributed by atoms with Crippen molar-refractivity contribution in [1.82, 2.24) is 4.98 Å². The van der Waals surface area contributed by atoms with Gasteiger partial charge in [-0.15, -0.1) is 11.8 Å². The fourth-order valence-corrected chi connectivity index (χ4v) is 6.10. The first-order valence-corrected chi connectivity index (χ1v) is 15.1. The van der Waals surface area contributed by atoms with Gasteiger partial charge in [0.05, 0.1) is 47.9 Å². The van der Waals surface area contributed by atoms with Crippen molar-refractivity contribution >= 4 is 28.6 Å². The molecule has 6 atom stereocenters. The first kappa shape index (κ1) is 32.2. The van der Waals surface area contributed by atoms with Crippen LogP contribution in [0.15, 0.2) is 45.2 Å². The molecular formula is C30H44N2O7S. The van der Waals surface area contributed by atoms with E-state index in [0.29, 0.717) is 35.9 Å². The van der Waals surface area contributed by atoms with E-state index in [0.717, 1.165) is 24.0 Å². The molecule has 3 N–H and O–H groups in total. The second-order valence-electron chi connectivity index (χ2n) is 11.6. The maximum Gasteiger partial charge on any atom is 0.309 e. The number of cyclic esters (lactones) is 1. The average Bonchev–Trinajstić information content (AvgIpc) is 3.60. The molecule has 10 heteroatoms. The number of aliphatic hydroxyl groups excluding tert-OH is 3. The maximum absolute atomic E-state index is 13.3. The fraction of sp³-hybridized carbons (Fsp3) is 0.667. The van der Waals surface area contributed by atoms with Crippen molar-refractivity contribution in [3.05, 3.63) is 41.6 Å². The number of Topliss-reactive ketones (excluding diaryl/α,β-unsaturated/α-hetero) is 1. The highest BCUT2D eigenvalue weighted by Crippen LogP contribution is 2.33. The molecule has 9 nitrogen and oxygen atoms in total. The van der Waals surface area contributed by atoms with E-state index < -0.39 is 35.6 Å². The van der Waals surface area contributed by atoms with Gasteiger partial charge in [-0.25, -0.2) is 4.98 Å². The number of ketones is 1. The summed E-state index contributed by atoms with van der Waals surface area (Å²) in [7, 11) is 0. The second kappa shape index (κ2) is 14.6. The lowest BCUT2D eigenvalue weighted by Crippen LogP contribution is -2.45. The Bertz CT molecular complexity index is 1100. The summed E-state index contributed by atoms with van der Waals surface area (Å²) in [6.07, 6.45) is 7.25. The highest BCUT2D eigenvalue weighted by atomic mass is 32.2. The highest BCUT2D eigenvalue weighted by Gasteiger charge is 2.42. The number of aliphatic hydroxyl groups is 3. The minimum absolute atomic E-state index is 0.0972. The SMILES string of the molecule is C/C(=C\C1CSC(CO)=N1)[C@@H]1C/C=C(/Cc2ncco2)CCCC(C)C(O)[C@@H](C)C(=O)C(C)(C)[C@@H](O)CC(=O)O1. The van der Waals surface area contributed by atoms with Crippen molar-refractivity contribution in [2.24, 2.45) is 22.2 Å². The third-order valence-corrected chi connectivity index (χ3v) is 9.16. The zero-order valence-electron chi connectivity index (χ0n) is 24.2. The topological polar surface area (TPSA) is 142 Å². The van der Waals surface area contributed by atoms with Crippen molar-refractivity contribution in [2.45, 2.75) is 97.5 Å². The smallest absolute Gasteiger partial charge is 0.309 e. The van der Waals surface area contributed by atoms with Crippen LogP contribution in [-0.2, 0) is 20.7 Å². The molecule has 0 saturated heterocycles. The Balaban J connectivity index is 1.92. The zero-order chi connectivity index (χ0) is 29.4. The number of rotatable bonds is 5. The van der Waals surface area contributed by atoms with Gasteiger partial charge < -0.3 is 24.5 Å². The van der Waals surface area contributed by atoms with Gasteiger partial charge in [0, 0.05) is 24.5 Å². The average molecular weight is 577 g/mol. The highest BCUT2D eigenvalue weighted by molar-refractivity contribution is 8.14. The number of oxazole rings is 1. The molecule has 0 spiro atoms. The summed E-state index contributed by atoms with van der Waals surface area (Å²) in [4.78, 5) is 35.2. The summed E-state index contributed by atoms with van der Waals surface area (Å²) >= 11 is 1.50. The Labute approximate surface area is 241 Å². The minimum Gasteiger partial charge on any atom is -0.457 e. The largest absolute Gasteiger partial charge is 0.457 e. The molecule has 3 unspecified atom stereocenters. The molecule has 0 aromatic carbocycles. The number of aliphatic imine (C=N–C) groups is 1. The number of carbonyl (C=O) groups is 2. The molecule has 0 radical (unpaired) electrons. The van der Waals surface area contributed by atoms with Crippen LogP contribution >= 0.6 is 11.8 Å². The molecule has 1 aromatic heterocycles. The lowest BCUT2D eigenvalue weighted by molar-refractivity contribution is -0.154. The molecule has 0 bridgehead atoms. The lowest BCUT2D eigenvalue weighted by atomic mass is 9.73. The van der Waals surface area contributed by atoms with E-state index in [1.165, 1.54) is 18.0 Å². The van der Waals surface area contributed by atoms with Gasteiger partial charge in [-0.1, -0.05) is 45.4 Å². The van der Waals surface area contributed by atoms with Gasteiger partial charge in [0.25, 0.3) is 0 Å². The summed E-state index contributed by atoms with van der Waals surface area (Å²) in [5, 5.41) is 32.0. The van der Waals surface area contributed by atoms with E-state index in [1.807, 2.05) is 19.9 Å². The number of hydrogen-bond donors (Lipinski definition) is 3. The monoisotopic (exact) mass is 576 g/mol. The van der Waals surface area contributed by atoms with Crippen LogP contribution in [0.2, 0.25) is 0 Å². The molecule has 3 heterocycles. The summed E-state index contributed by atoms with van der Waals surface area (Å²) < 4.78 is 11.4. The van der Waals surface area contributed by atoms with Crippen LogP contribution in [-0.4, -0.2) is 73.8 Å². The van der Waals surface area contributed by atoms with E-state index in [4.69, 9.17) is 9.15 Å². The van der Waals surface area contributed by atoms with Crippen LogP contribution in [0.5, 0.6) is 0 Å². The van der Waals surface area contributed by atoms with Gasteiger partial charge in [0.1, 0.15) is 18.2 Å². The minimum atomic E-state index is -1.27. The Morgan fingerprint density at radius 2 is 2.00 bits per heavy atom. The number of aromatic nitrogens is 1. The van der Waals surface area contributed by atoms with Crippen LogP contribution in [0.3, 0.4) is 0 Å². The summed E-state index contributed by atoms with van der Waals surface area (Å²) in [5.41, 5.74) is 0.660. The van der Waals surface area contributed by atoms with Crippen molar-refractivity contribution < 1.29 is 34.1 Å². The molecule has 222 valence electrons. The van der Waals surface area contributed by atoms with Gasteiger partial charge >= 0.3 is 5.97 Å². The van der Waals surface area contributed by atoms with Gasteiger partial charge in [-0.05, 0) is 37.7 Å². The molecule has 0 saturated carbocycles. The normalized spacial score (nSPS) is 32.8. The Kier molecular flexibility index (Phi) is 11.7. The Morgan fingerprint density at radius 3 is 2.65 bits per heavy atom. The number of carbonyl (C=O) groups excluding carboxylic acids is 2. The standard InChI is InChI=1S/C30H44N2O7S/c1-18-7-6-8-21(14-25-31-11-12-38-25)9-10-23(19(2)13-22-17-40-26(16-33)32-22)39-27(35)15-24(34)30(4,5)29(37)20(3)28(18)36/h9,11-13,18,20,22-24,28,33-34,36H,6-8,10,14-17H2,1-5H3/b19-13+,21-9+/t18?,20-,22?,23+,24+,28?/m1/s1. The van der Waals surface area contributed by atoms with Gasteiger partial charge in [0.15, 0.2) is 5.89 Å². The number of allylic oxidation sites excluding steroid dienone is 1. The van der Waals surface area contributed by atoms with Crippen LogP contribution in [0.1, 0.15) is 72.6 Å². The Morgan fingerprint density at radius 1 is 1.25 bits per heavy atom. The number of nitrogens with zero attached hydrogens (tertiary/aromatic N) is 2. The number of ether oxygens (including phenoxy) is 1. The third-order valence-electron chi connectivity index (χ3n) is 8.08. The lowest BCUT2D eigenvalue weighted by Gasteiger charge is -2.34. The van der Waals surface area contributed by atoms with Crippen LogP contribution < -0.4 is 0 Å². The molecule has 1 aromatic rings. The van der Waals surface area contributed by atoms with E-state index in [2.05, 4.69) is 16.1 Å². The fourth-order valence-electron chi connectivity index (χ4n) is 5.26. The molecule has 0 fully saturated rings. The number of hydrogen-bond acceptors (Lipinski definition) is 10. The van der Waals surface area contributed by atoms with Crippen LogP contribution in [0, 0.1) is 17.3 Å². The second-order valence-corrected chi connectivity index (χ2v) is 12.7. The van der Waals surface area contributed by atoms with E-state index in [1.54, 1.807) is 27.0 Å². The van der Waals surface area contributed by atoms with Crippen molar-refractivity contribution in [2.75, 3.05) is 12.4 Å². The molecule has 0 aliphatic carbocycles. The summed E-state index contributed by atoms with van der Waals surface area (Å²) in [6.45, 7) is 8.64. The quantitative estimate of drug-likeness (QED) is 0.349. The number of esters is 1. The Hall–Kier alpha value is -2.27. The first-order chi connectivity index (χ1) is 18.9. The van der Waals surface area contributed by atoms with Gasteiger partial charge in [-0.2, -0.15) is 0 Å². The van der Waals surface area contributed by atoms with E-state index in [9.17, 15) is 24.9 Å². The van der Waals surface area contributed by atoms with Crippen molar-refractivity contribution in [3.63, 3.8) is 0 Å². The van der Waals surface area contributed by atoms with Gasteiger partial charge in [-0.3, -0.25) is 14.6 Å². The summed E-state index contributed by atoms with van der Waals surface area (Å²) in [5.74, 6) is -0.420. The van der Waals surface area contributed by atoms with Gasteiger partial charge in [0.2, 0.25) is 0 Å². The van der Waals surface area contributed by atoms with Crippen LogP contribution in [0.25, 0.3) is 0 Å². The first-order valence-electron chi connectivity index (χ1n) is 14.1. The molecule has 2 aliphatic rings. The van der Waals surface area contributed by atoms with E-state index >= 15 is 0 Å². The van der Waals surface area contributed by atoms with Crippen molar-refractivity contribution in [1.29, 1.82) is 0 Å². The van der Waals surface area contributed by atoms with Crippen LogP contribution in [0.4, 0.5) is 0 Å². The van der Waals surface area contributed by atoms with Crippen molar-refractivity contribution in [3.8, 4) is 0 Å². The molecule has 3 rings (SSSR count). The maximum atomic E-state index is 13.3. The molecule has 2 aliphatic heterocycles. The zero-order valence-corrected chi connectivity index (χ0v) is 25.0. The molecular weight excluding hydrogens is 532 g/mol. The molecule has 40 heavy (non-hydrogen) atoms. The third kappa shape index (κ3) is 8.61. The number of thioether (sulfide) groups is 1. The molecule has 0 amide bonds. The predicted molar refractivity (Wildman–Crippen MR) is 155 cm³/mol.